The Morgan fingerprint density at radius 1 is 0.917 bits per heavy atom. The quantitative estimate of drug-likeness (QED) is 0.450. The number of anilines is 2. The molecule has 0 atom stereocenters. The van der Waals surface area contributed by atoms with Crippen LogP contribution in [0.3, 0.4) is 0 Å². The fraction of sp³-hybridized carbons (Fsp3) is 0.533. The van der Waals surface area contributed by atoms with E-state index in [1.54, 1.807) is 6.20 Å². The third-order valence-electron chi connectivity index (χ3n) is 4.01. The summed E-state index contributed by atoms with van der Waals surface area (Å²) < 4.78 is 14.5. The van der Waals surface area contributed by atoms with Gasteiger partial charge in [-0.3, -0.25) is 0 Å². The second-order valence-corrected chi connectivity index (χ2v) is 9.77. The van der Waals surface area contributed by atoms with Crippen molar-refractivity contribution in [1.82, 2.24) is 9.97 Å². The number of ketones is 1. The van der Waals surface area contributed by atoms with Crippen molar-refractivity contribution < 1.29 is 14.3 Å². The maximum absolute atomic E-state index is 12.7. The summed E-state index contributed by atoms with van der Waals surface area (Å²) >= 11 is -0.0260. The van der Waals surface area contributed by atoms with Crippen LogP contribution < -0.4 is 9.80 Å². The molecule has 0 N–H and O–H groups in total. The molecule has 0 aliphatic carbocycles. The van der Waals surface area contributed by atoms with Gasteiger partial charge in [0.2, 0.25) is 0 Å². The first-order valence-corrected chi connectivity index (χ1v) is 11.4. The molecule has 2 aromatic heterocycles. The van der Waals surface area contributed by atoms with Gasteiger partial charge in [0.1, 0.15) is 0 Å². The standard InChI is InChI=1S/C15H18N4O3Se2/c20-13(11-9-17-15(23-11)19-3-7-22-8-4-19)14-16-10-12(24-14)18-1-5-21-6-2-18/h9-10H,1-8H2. The van der Waals surface area contributed by atoms with Crippen LogP contribution >= 0.6 is 0 Å². The molecule has 2 aliphatic rings. The van der Waals surface area contributed by atoms with E-state index in [4.69, 9.17) is 9.47 Å². The van der Waals surface area contributed by atoms with Gasteiger partial charge in [0.15, 0.2) is 0 Å². The Morgan fingerprint density at radius 3 is 2.29 bits per heavy atom. The molecular weight excluding hydrogens is 442 g/mol. The summed E-state index contributed by atoms with van der Waals surface area (Å²) in [6.45, 7) is 6.49. The molecule has 128 valence electrons. The summed E-state index contributed by atoms with van der Waals surface area (Å²) in [7, 11) is 0. The van der Waals surface area contributed by atoms with Crippen LogP contribution in [0.4, 0.5) is 9.25 Å². The van der Waals surface area contributed by atoms with Gasteiger partial charge in [-0.15, -0.1) is 0 Å². The molecule has 0 amide bonds. The molecule has 2 saturated heterocycles. The molecule has 4 rings (SSSR count). The third-order valence-corrected chi connectivity index (χ3v) is 8.44. The molecule has 0 unspecified atom stereocenters. The number of hydrogen-bond donors (Lipinski definition) is 0. The molecule has 2 aromatic rings. The summed E-state index contributed by atoms with van der Waals surface area (Å²) in [6, 6.07) is 0. The Balaban J connectivity index is 1.47. The zero-order chi connectivity index (χ0) is 16.4. The fourth-order valence-corrected chi connectivity index (χ4v) is 6.85. The molecule has 9 heteroatoms. The number of hydrogen-bond acceptors (Lipinski definition) is 7. The van der Waals surface area contributed by atoms with Crippen molar-refractivity contribution in [1.29, 1.82) is 0 Å². The Kier molecular flexibility index (Phi) is 5.17. The minimum absolute atomic E-state index is 0.00688. The van der Waals surface area contributed by atoms with Gasteiger partial charge < -0.3 is 0 Å². The van der Waals surface area contributed by atoms with E-state index in [2.05, 4.69) is 19.8 Å². The molecule has 7 nitrogen and oxygen atoms in total. The monoisotopic (exact) mass is 462 g/mol. The van der Waals surface area contributed by atoms with Crippen molar-refractivity contribution in [3.63, 3.8) is 0 Å². The van der Waals surface area contributed by atoms with E-state index < -0.39 is 0 Å². The first-order chi connectivity index (χ1) is 11.8. The molecule has 0 aromatic carbocycles. The van der Waals surface area contributed by atoms with E-state index in [0.29, 0.717) is 4.57 Å². The van der Waals surface area contributed by atoms with Crippen LogP contribution in [0.15, 0.2) is 12.4 Å². The van der Waals surface area contributed by atoms with Crippen LogP contribution in [0.25, 0.3) is 0 Å². The maximum atomic E-state index is 12.7. The zero-order valence-electron chi connectivity index (χ0n) is 13.1. The van der Waals surface area contributed by atoms with Crippen LogP contribution in [-0.4, -0.2) is 97.4 Å². The second kappa shape index (κ2) is 7.52. The summed E-state index contributed by atoms with van der Waals surface area (Å²) in [5.74, 6) is 0.0847. The van der Waals surface area contributed by atoms with Crippen LogP contribution in [-0.2, 0) is 9.47 Å². The summed E-state index contributed by atoms with van der Waals surface area (Å²) in [5.41, 5.74) is 0. The number of nitrogens with zero attached hydrogens (tertiary/aromatic N) is 4. The van der Waals surface area contributed by atoms with Crippen molar-refractivity contribution in [3.8, 4) is 0 Å². The van der Waals surface area contributed by atoms with Gasteiger partial charge in [-0.1, -0.05) is 0 Å². The van der Waals surface area contributed by atoms with E-state index in [1.165, 1.54) is 4.56 Å². The Hall–Kier alpha value is -0.951. The van der Waals surface area contributed by atoms with Gasteiger partial charge >= 0.3 is 152 Å². The number of carbonyl (C=O) groups is 1. The molecule has 24 heavy (non-hydrogen) atoms. The van der Waals surface area contributed by atoms with E-state index in [9.17, 15) is 4.79 Å². The van der Waals surface area contributed by atoms with Crippen molar-refractivity contribution in [3.05, 3.63) is 21.4 Å². The van der Waals surface area contributed by atoms with Gasteiger partial charge in [0.25, 0.3) is 0 Å². The van der Waals surface area contributed by atoms with Gasteiger partial charge in [-0.2, -0.15) is 0 Å². The first kappa shape index (κ1) is 16.5. The molecule has 0 saturated carbocycles. The van der Waals surface area contributed by atoms with Crippen LogP contribution in [0.2, 0.25) is 0 Å². The summed E-state index contributed by atoms with van der Waals surface area (Å²) in [5, 5.41) is 0. The predicted molar refractivity (Wildman–Crippen MR) is 91.9 cm³/mol. The molecular formula is C15H18N4O3Se2. The topological polar surface area (TPSA) is 67.8 Å². The molecule has 2 fully saturated rings. The Morgan fingerprint density at radius 2 is 1.58 bits per heavy atom. The van der Waals surface area contributed by atoms with Crippen LogP contribution in [0, 0.1) is 0 Å². The van der Waals surface area contributed by atoms with E-state index in [-0.39, 0.29) is 34.8 Å². The zero-order valence-corrected chi connectivity index (χ0v) is 16.6. The van der Waals surface area contributed by atoms with Crippen molar-refractivity contribution in [2.75, 3.05) is 62.4 Å². The average Bonchev–Trinajstić information content (AvgIpc) is 3.33. The number of aromatic nitrogens is 2. The predicted octanol–water partition coefficient (Wildman–Crippen LogP) is -0.505. The molecule has 0 spiro atoms. The third kappa shape index (κ3) is 3.52. The first-order valence-electron chi connectivity index (χ1n) is 7.93. The normalized spacial score (nSPS) is 18.8. The number of morpholine rings is 2. The van der Waals surface area contributed by atoms with Crippen LogP contribution in [0.5, 0.6) is 0 Å². The van der Waals surface area contributed by atoms with E-state index in [1.807, 2.05) is 6.20 Å². The fourth-order valence-electron chi connectivity index (χ4n) is 2.68. The molecule has 4 heterocycles. The number of ether oxygens (including phenoxy) is 2. The number of carbonyl (C=O) groups excluding carboxylic acids is 1. The SMILES string of the molecule is O=C(c1cnc(N2CCOCC2)[se]1)c1ncc(N2CCOCC2)[se]1. The van der Waals surface area contributed by atoms with Gasteiger partial charge in [0, 0.05) is 0 Å². The van der Waals surface area contributed by atoms with Crippen molar-refractivity contribution in [2.24, 2.45) is 0 Å². The minimum atomic E-state index is -0.0191. The van der Waals surface area contributed by atoms with Gasteiger partial charge in [-0.05, 0) is 0 Å². The average molecular weight is 460 g/mol. The Labute approximate surface area is 152 Å². The van der Waals surface area contributed by atoms with Crippen molar-refractivity contribution in [2.45, 2.75) is 0 Å². The second-order valence-electron chi connectivity index (χ2n) is 5.54. The summed E-state index contributed by atoms with van der Waals surface area (Å²) in [6.07, 6.45) is 3.61. The van der Waals surface area contributed by atoms with E-state index >= 15 is 0 Å². The van der Waals surface area contributed by atoms with Crippen LogP contribution in [0.1, 0.15) is 13.8 Å². The molecule has 2 aliphatic heterocycles. The van der Waals surface area contributed by atoms with Crippen molar-refractivity contribution >= 4 is 44.0 Å². The molecule has 0 bridgehead atoms. The van der Waals surface area contributed by atoms with Gasteiger partial charge in [-0.25, -0.2) is 0 Å². The van der Waals surface area contributed by atoms with Gasteiger partial charge in [0.05, 0.1) is 0 Å². The van der Waals surface area contributed by atoms with E-state index in [0.717, 1.165) is 61.7 Å². The summed E-state index contributed by atoms with van der Waals surface area (Å²) in [4.78, 5) is 26.2. The Bertz CT molecular complexity index is 647. The number of rotatable bonds is 4. The molecule has 0 radical (unpaired) electrons.